The molecule has 1 amide bonds. The Kier molecular flexibility index (Phi) is 2.94. The van der Waals surface area contributed by atoms with Crippen molar-refractivity contribution >= 4 is 31.8 Å². The van der Waals surface area contributed by atoms with Crippen molar-refractivity contribution in [2.24, 2.45) is 0 Å². The monoisotopic (exact) mass is 305 g/mol. The SMILES string of the molecule is O=C(O)N1Cc2ccccc2C1(C(=O)O)S(=O)(=O)Cl. The summed E-state index contributed by atoms with van der Waals surface area (Å²) in [5.41, 5.74) is 0.136. The smallest absolute Gasteiger partial charge is 0.409 e. The topological polar surface area (TPSA) is 112 Å². The molecule has 0 saturated carbocycles. The number of amides is 1. The largest absolute Gasteiger partial charge is 0.478 e. The fraction of sp³-hybridized carbons (Fsp3) is 0.200. The third-order valence-corrected chi connectivity index (χ3v) is 4.96. The number of rotatable bonds is 2. The van der Waals surface area contributed by atoms with Crippen molar-refractivity contribution in [1.82, 2.24) is 4.90 Å². The highest BCUT2D eigenvalue weighted by Gasteiger charge is 2.63. The third kappa shape index (κ3) is 1.67. The second kappa shape index (κ2) is 4.10. The highest BCUT2D eigenvalue weighted by molar-refractivity contribution is 8.15. The number of carboxylic acids is 1. The average Bonchev–Trinajstić information content (AvgIpc) is 2.63. The Balaban J connectivity index is 2.87. The van der Waals surface area contributed by atoms with Gasteiger partial charge in [-0.15, -0.1) is 0 Å². The van der Waals surface area contributed by atoms with Crippen LogP contribution < -0.4 is 0 Å². The normalized spacial score (nSPS) is 22.1. The number of nitrogens with zero attached hydrogens (tertiary/aromatic N) is 1. The summed E-state index contributed by atoms with van der Waals surface area (Å²) >= 11 is 0. The maximum Gasteiger partial charge on any atom is 0.409 e. The minimum Gasteiger partial charge on any atom is -0.478 e. The van der Waals surface area contributed by atoms with Gasteiger partial charge in [-0.1, -0.05) is 24.3 Å². The van der Waals surface area contributed by atoms with Crippen LogP contribution in [0.5, 0.6) is 0 Å². The van der Waals surface area contributed by atoms with Crippen molar-refractivity contribution in [3.05, 3.63) is 35.4 Å². The van der Waals surface area contributed by atoms with Crippen LogP contribution in [0.1, 0.15) is 11.1 Å². The molecule has 2 rings (SSSR count). The molecule has 0 saturated heterocycles. The van der Waals surface area contributed by atoms with E-state index in [0.717, 1.165) is 0 Å². The zero-order valence-corrected chi connectivity index (χ0v) is 10.8. The second-order valence-electron chi connectivity index (χ2n) is 3.91. The van der Waals surface area contributed by atoms with E-state index in [1.54, 1.807) is 6.07 Å². The zero-order valence-electron chi connectivity index (χ0n) is 9.28. The van der Waals surface area contributed by atoms with E-state index in [4.69, 9.17) is 15.8 Å². The number of hydrogen-bond donors (Lipinski definition) is 2. The first-order valence-corrected chi connectivity index (χ1v) is 7.30. The van der Waals surface area contributed by atoms with Crippen molar-refractivity contribution in [1.29, 1.82) is 0 Å². The Morgan fingerprint density at radius 2 is 1.84 bits per heavy atom. The van der Waals surface area contributed by atoms with E-state index < -0.39 is 26.0 Å². The molecular formula is C10H8ClNO6S. The molecule has 0 bridgehead atoms. The fourth-order valence-electron chi connectivity index (χ4n) is 2.22. The van der Waals surface area contributed by atoms with Crippen LogP contribution in [0.25, 0.3) is 0 Å². The van der Waals surface area contributed by atoms with E-state index in [2.05, 4.69) is 0 Å². The van der Waals surface area contributed by atoms with Gasteiger partial charge in [0.2, 0.25) is 0 Å². The first kappa shape index (κ1) is 13.6. The number of hydrogen-bond acceptors (Lipinski definition) is 4. The lowest BCUT2D eigenvalue weighted by Crippen LogP contribution is -2.53. The molecule has 1 heterocycles. The summed E-state index contributed by atoms with van der Waals surface area (Å²) in [4.78, 5) is 20.2. The molecule has 0 radical (unpaired) electrons. The highest BCUT2D eigenvalue weighted by atomic mass is 35.7. The number of halogens is 1. The van der Waals surface area contributed by atoms with Gasteiger partial charge in [0.05, 0.1) is 6.54 Å². The molecule has 1 aliphatic heterocycles. The van der Waals surface area contributed by atoms with Gasteiger partial charge in [-0.25, -0.2) is 18.0 Å². The number of carboxylic acid groups (broad SMARTS) is 2. The third-order valence-electron chi connectivity index (χ3n) is 2.96. The number of aliphatic carboxylic acids is 1. The predicted molar refractivity (Wildman–Crippen MR) is 64.1 cm³/mol. The lowest BCUT2D eigenvalue weighted by atomic mass is 10.0. The summed E-state index contributed by atoms with van der Waals surface area (Å²) in [5.74, 6) is -1.85. The average molecular weight is 306 g/mol. The Labute approximate surface area is 112 Å². The van der Waals surface area contributed by atoms with E-state index in [1.165, 1.54) is 18.2 Å². The van der Waals surface area contributed by atoms with E-state index in [-0.39, 0.29) is 17.7 Å². The molecule has 1 aliphatic rings. The van der Waals surface area contributed by atoms with Crippen molar-refractivity contribution in [2.75, 3.05) is 0 Å². The Morgan fingerprint density at radius 1 is 1.26 bits per heavy atom. The molecule has 102 valence electrons. The second-order valence-corrected chi connectivity index (χ2v) is 6.60. The maximum absolute atomic E-state index is 11.8. The van der Waals surface area contributed by atoms with Crippen LogP contribution in [0, 0.1) is 0 Å². The van der Waals surface area contributed by atoms with Gasteiger partial charge < -0.3 is 10.2 Å². The Bertz CT molecular complexity index is 672. The Hall–Kier alpha value is -1.80. The molecule has 19 heavy (non-hydrogen) atoms. The van der Waals surface area contributed by atoms with E-state index >= 15 is 0 Å². The molecular weight excluding hydrogens is 298 g/mol. The maximum atomic E-state index is 11.8. The molecule has 0 aromatic heterocycles. The molecule has 0 fully saturated rings. The van der Waals surface area contributed by atoms with E-state index in [0.29, 0.717) is 4.90 Å². The lowest BCUT2D eigenvalue weighted by Gasteiger charge is -2.29. The fourth-order valence-corrected chi connectivity index (χ4v) is 3.99. The molecule has 9 heteroatoms. The molecule has 1 aromatic carbocycles. The summed E-state index contributed by atoms with van der Waals surface area (Å²) in [7, 11) is 0.491. The van der Waals surface area contributed by atoms with Gasteiger partial charge in [0.1, 0.15) is 0 Å². The summed E-state index contributed by atoms with van der Waals surface area (Å²) in [5, 5.41) is 18.4. The van der Waals surface area contributed by atoms with Gasteiger partial charge >= 0.3 is 12.1 Å². The number of benzene rings is 1. The quantitative estimate of drug-likeness (QED) is 0.788. The summed E-state index contributed by atoms with van der Waals surface area (Å²) in [6.07, 6.45) is -1.68. The van der Waals surface area contributed by atoms with E-state index in [9.17, 15) is 23.1 Å². The van der Waals surface area contributed by atoms with Crippen LogP contribution in [0.4, 0.5) is 4.79 Å². The van der Waals surface area contributed by atoms with Gasteiger partial charge in [0.15, 0.2) is 0 Å². The van der Waals surface area contributed by atoms with Crippen molar-refractivity contribution in [3.8, 4) is 0 Å². The van der Waals surface area contributed by atoms with Gasteiger partial charge in [-0.3, -0.25) is 4.90 Å². The molecule has 2 N–H and O–H groups in total. The van der Waals surface area contributed by atoms with Crippen LogP contribution >= 0.6 is 10.7 Å². The first-order valence-electron chi connectivity index (χ1n) is 4.99. The lowest BCUT2D eigenvalue weighted by molar-refractivity contribution is -0.144. The van der Waals surface area contributed by atoms with Gasteiger partial charge in [0.25, 0.3) is 13.9 Å². The number of fused-ring (bicyclic) bond motifs is 1. The van der Waals surface area contributed by atoms with Crippen molar-refractivity contribution in [3.63, 3.8) is 0 Å². The zero-order chi connectivity index (χ0) is 14.4. The van der Waals surface area contributed by atoms with Gasteiger partial charge in [-0.05, 0) is 5.56 Å². The summed E-state index contributed by atoms with van der Waals surface area (Å²) in [6, 6.07) is 5.67. The van der Waals surface area contributed by atoms with Crippen molar-refractivity contribution in [2.45, 2.75) is 11.4 Å². The van der Waals surface area contributed by atoms with Crippen LogP contribution in [0.3, 0.4) is 0 Å². The minimum atomic E-state index is -4.75. The first-order chi connectivity index (χ1) is 8.73. The van der Waals surface area contributed by atoms with Crippen LogP contribution in [0.2, 0.25) is 0 Å². The van der Waals surface area contributed by atoms with Crippen molar-refractivity contribution < 1.29 is 28.2 Å². The highest BCUT2D eigenvalue weighted by Crippen LogP contribution is 2.45. The van der Waals surface area contributed by atoms with Crippen LogP contribution in [-0.4, -0.2) is 35.6 Å². The summed E-state index contributed by atoms with van der Waals surface area (Å²) < 4.78 is 23.5. The molecule has 1 atom stereocenters. The van der Waals surface area contributed by atoms with Gasteiger partial charge in [-0.2, -0.15) is 0 Å². The Morgan fingerprint density at radius 3 is 2.32 bits per heavy atom. The standard InChI is InChI=1S/C10H8ClNO6S/c11-19(17,18)10(8(13)14)7-4-2-1-3-6(7)5-12(10)9(15)16/h1-4H,5H2,(H,13,14)(H,15,16). The van der Waals surface area contributed by atoms with Gasteiger partial charge in [0, 0.05) is 16.2 Å². The van der Waals surface area contributed by atoms with E-state index in [1.807, 2.05) is 0 Å². The summed E-state index contributed by atoms with van der Waals surface area (Å²) in [6.45, 7) is -0.357. The van der Waals surface area contributed by atoms with Crippen LogP contribution in [0.15, 0.2) is 24.3 Å². The molecule has 1 unspecified atom stereocenters. The number of carbonyl (C=O) groups is 2. The van der Waals surface area contributed by atoms with Crippen LogP contribution in [-0.2, 0) is 25.3 Å². The molecule has 1 aromatic rings. The molecule has 0 aliphatic carbocycles. The molecule has 7 nitrogen and oxygen atoms in total. The minimum absolute atomic E-state index is 0.153. The molecule has 0 spiro atoms. The predicted octanol–water partition coefficient (Wildman–Crippen LogP) is 0.986.